The molecule has 0 aromatic heterocycles. The van der Waals surface area contributed by atoms with Crippen LogP contribution in [0.4, 0.5) is 15.8 Å². The maximum absolute atomic E-state index is 14.1. The molecule has 21 heavy (non-hydrogen) atoms. The Morgan fingerprint density at radius 1 is 1.48 bits per heavy atom. The molecule has 2 rings (SSSR count). The number of nitrogens with two attached hydrogens (primary N) is 1. The minimum atomic E-state index is -0.325. The van der Waals surface area contributed by atoms with Gasteiger partial charge in [-0.3, -0.25) is 4.79 Å². The third-order valence-corrected chi connectivity index (χ3v) is 3.89. The molecule has 1 aromatic carbocycles. The zero-order chi connectivity index (χ0) is 15.4. The summed E-state index contributed by atoms with van der Waals surface area (Å²) in [7, 11) is 1.52. The van der Waals surface area contributed by atoms with E-state index in [9.17, 15) is 9.18 Å². The van der Waals surface area contributed by atoms with Crippen molar-refractivity contribution in [3.63, 3.8) is 0 Å². The third kappa shape index (κ3) is 3.77. The number of anilines is 2. The average Bonchev–Trinajstić information content (AvgIpc) is 2.46. The molecule has 0 bridgehead atoms. The quantitative estimate of drug-likeness (QED) is 0.831. The SMILES string of the molecule is COc1cc(N2CCC(CNC(C)=O)CC2)c(F)cc1N. The second-order valence-electron chi connectivity index (χ2n) is 5.41. The number of nitrogens with zero attached hydrogens (tertiary/aromatic N) is 1. The Bertz CT molecular complexity index is 514. The smallest absolute Gasteiger partial charge is 0.216 e. The molecule has 0 atom stereocenters. The zero-order valence-corrected chi connectivity index (χ0v) is 12.5. The minimum absolute atomic E-state index is 0.00764. The van der Waals surface area contributed by atoms with Crippen LogP contribution < -0.4 is 20.7 Å². The Labute approximate surface area is 124 Å². The number of benzene rings is 1. The van der Waals surface area contributed by atoms with Crippen LogP contribution >= 0.6 is 0 Å². The number of hydrogen-bond donors (Lipinski definition) is 2. The van der Waals surface area contributed by atoms with Gasteiger partial charge in [-0.05, 0) is 18.8 Å². The van der Waals surface area contributed by atoms with Crippen LogP contribution in [-0.4, -0.2) is 32.7 Å². The highest BCUT2D eigenvalue weighted by Crippen LogP contribution is 2.32. The molecule has 0 saturated carbocycles. The fraction of sp³-hybridized carbons (Fsp3) is 0.533. The van der Waals surface area contributed by atoms with Crippen molar-refractivity contribution in [1.82, 2.24) is 5.32 Å². The summed E-state index contributed by atoms with van der Waals surface area (Å²) in [6, 6.07) is 2.95. The van der Waals surface area contributed by atoms with Crippen LogP contribution in [0, 0.1) is 11.7 Å². The van der Waals surface area contributed by atoms with Gasteiger partial charge in [0.15, 0.2) is 0 Å². The van der Waals surface area contributed by atoms with Gasteiger partial charge in [0, 0.05) is 38.7 Å². The molecule has 1 fully saturated rings. The molecule has 1 aliphatic rings. The van der Waals surface area contributed by atoms with Crippen LogP contribution in [0.25, 0.3) is 0 Å². The minimum Gasteiger partial charge on any atom is -0.495 e. The van der Waals surface area contributed by atoms with Gasteiger partial charge in [0.05, 0.1) is 18.5 Å². The normalized spacial score (nSPS) is 15.9. The fourth-order valence-electron chi connectivity index (χ4n) is 2.64. The molecule has 5 nitrogen and oxygen atoms in total. The molecule has 0 unspecified atom stereocenters. The van der Waals surface area contributed by atoms with Crippen molar-refractivity contribution in [3.8, 4) is 5.75 Å². The van der Waals surface area contributed by atoms with E-state index in [2.05, 4.69) is 5.32 Å². The number of piperidine rings is 1. The molecular formula is C15H22FN3O2. The predicted octanol–water partition coefficient (Wildman–Crippen LogP) is 1.77. The average molecular weight is 295 g/mol. The first-order valence-electron chi connectivity index (χ1n) is 7.13. The molecule has 1 amide bonds. The van der Waals surface area contributed by atoms with Gasteiger partial charge >= 0.3 is 0 Å². The highest BCUT2D eigenvalue weighted by Gasteiger charge is 2.22. The number of carbonyl (C=O) groups is 1. The van der Waals surface area contributed by atoms with Gasteiger partial charge in [-0.25, -0.2) is 4.39 Å². The largest absolute Gasteiger partial charge is 0.495 e. The second kappa shape index (κ2) is 6.65. The number of methoxy groups -OCH3 is 1. The van der Waals surface area contributed by atoms with E-state index in [0.29, 0.717) is 29.6 Å². The molecule has 0 radical (unpaired) electrons. The van der Waals surface area contributed by atoms with Gasteiger partial charge in [0.2, 0.25) is 5.91 Å². The monoisotopic (exact) mass is 295 g/mol. The molecule has 0 spiro atoms. The molecule has 116 valence electrons. The molecule has 3 N–H and O–H groups in total. The van der Waals surface area contributed by atoms with Gasteiger partial charge < -0.3 is 20.7 Å². The first-order valence-corrected chi connectivity index (χ1v) is 7.13. The maximum Gasteiger partial charge on any atom is 0.216 e. The number of amides is 1. The van der Waals surface area contributed by atoms with Crippen molar-refractivity contribution in [2.24, 2.45) is 5.92 Å². The Hall–Kier alpha value is -1.98. The molecule has 0 aliphatic carbocycles. The van der Waals surface area contributed by atoms with Crippen molar-refractivity contribution in [2.75, 3.05) is 37.4 Å². The van der Waals surface area contributed by atoms with E-state index >= 15 is 0 Å². The lowest BCUT2D eigenvalue weighted by Gasteiger charge is -2.34. The van der Waals surface area contributed by atoms with Crippen LogP contribution in [0.5, 0.6) is 5.75 Å². The first kappa shape index (κ1) is 15.4. The number of carbonyl (C=O) groups excluding carboxylic acids is 1. The van der Waals surface area contributed by atoms with Crippen molar-refractivity contribution in [3.05, 3.63) is 17.9 Å². The molecule has 1 aromatic rings. The molecule has 6 heteroatoms. The third-order valence-electron chi connectivity index (χ3n) is 3.89. The lowest BCUT2D eigenvalue weighted by molar-refractivity contribution is -0.119. The molecular weight excluding hydrogens is 273 g/mol. The summed E-state index contributed by atoms with van der Waals surface area (Å²) in [5.74, 6) is 0.607. The summed E-state index contributed by atoms with van der Waals surface area (Å²) >= 11 is 0. The fourth-order valence-corrected chi connectivity index (χ4v) is 2.64. The van der Waals surface area contributed by atoms with Crippen LogP contribution in [0.1, 0.15) is 19.8 Å². The van der Waals surface area contributed by atoms with Crippen molar-refractivity contribution < 1.29 is 13.9 Å². The van der Waals surface area contributed by atoms with Crippen molar-refractivity contribution in [1.29, 1.82) is 0 Å². The topological polar surface area (TPSA) is 67.6 Å². The molecule has 1 saturated heterocycles. The van der Waals surface area contributed by atoms with Gasteiger partial charge in [-0.15, -0.1) is 0 Å². The van der Waals surface area contributed by atoms with E-state index in [0.717, 1.165) is 25.9 Å². The van der Waals surface area contributed by atoms with Gasteiger partial charge in [0.1, 0.15) is 11.6 Å². The van der Waals surface area contributed by atoms with Gasteiger partial charge in [0.25, 0.3) is 0 Å². The first-order chi connectivity index (χ1) is 10.0. The summed E-state index contributed by atoms with van der Waals surface area (Å²) in [4.78, 5) is 12.9. The zero-order valence-electron chi connectivity index (χ0n) is 12.5. The van der Waals surface area contributed by atoms with E-state index in [1.807, 2.05) is 4.90 Å². The lowest BCUT2D eigenvalue weighted by Crippen LogP contribution is -2.38. The van der Waals surface area contributed by atoms with Crippen LogP contribution in [-0.2, 0) is 4.79 Å². The Morgan fingerprint density at radius 2 is 2.14 bits per heavy atom. The molecule has 1 heterocycles. The Morgan fingerprint density at radius 3 is 2.71 bits per heavy atom. The van der Waals surface area contributed by atoms with Crippen molar-refractivity contribution >= 4 is 17.3 Å². The van der Waals surface area contributed by atoms with E-state index in [4.69, 9.17) is 10.5 Å². The summed E-state index contributed by atoms with van der Waals surface area (Å²) in [6.07, 6.45) is 1.85. The van der Waals surface area contributed by atoms with Crippen molar-refractivity contribution in [2.45, 2.75) is 19.8 Å². The van der Waals surface area contributed by atoms with Gasteiger partial charge in [-0.1, -0.05) is 0 Å². The lowest BCUT2D eigenvalue weighted by atomic mass is 9.96. The number of hydrogen-bond acceptors (Lipinski definition) is 4. The maximum atomic E-state index is 14.1. The predicted molar refractivity (Wildman–Crippen MR) is 81.0 cm³/mol. The second-order valence-corrected chi connectivity index (χ2v) is 5.41. The van der Waals surface area contributed by atoms with Crippen LogP contribution in [0.15, 0.2) is 12.1 Å². The highest BCUT2D eigenvalue weighted by atomic mass is 19.1. The molecule has 1 aliphatic heterocycles. The number of halogens is 1. The standard InChI is InChI=1S/C15H22FN3O2/c1-10(20)18-9-11-3-5-19(6-4-11)14-8-15(21-2)13(17)7-12(14)16/h7-8,11H,3-6,9,17H2,1-2H3,(H,18,20). The number of nitrogens with one attached hydrogen (secondary N) is 1. The van der Waals surface area contributed by atoms with E-state index in [-0.39, 0.29) is 11.7 Å². The van der Waals surface area contributed by atoms with E-state index < -0.39 is 0 Å². The van der Waals surface area contributed by atoms with Crippen LogP contribution in [0.2, 0.25) is 0 Å². The Kier molecular flexibility index (Phi) is 4.88. The Balaban J connectivity index is 2.00. The van der Waals surface area contributed by atoms with Crippen LogP contribution in [0.3, 0.4) is 0 Å². The summed E-state index contributed by atoms with van der Waals surface area (Å²) in [5, 5.41) is 2.84. The summed E-state index contributed by atoms with van der Waals surface area (Å²) < 4.78 is 19.2. The van der Waals surface area contributed by atoms with E-state index in [1.54, 1.807) is 6.07 Å². The number of ether oxygens (including phenoxy) is 1. The number of nitrogen functional groups attached to an aromatic ring is 1. The highest BCUT2D eigenvalue weighted by molar-refractivity contribution is 5.72. The van der Waals surface area contributed by atoms with Gasteiger partial charge in [-0.2, -0.15) is 0 Å². The van der Waals surface area contributed by atoms with E-state index in [1.165, 1.54) is 20.1 Å². The summed E-state index contributed by atoms with van der Waals surface area (Å²) in [6.45, 7) is 3.73. The number of rotatable bonds is 4. The summed E-state index contributed by atoms with van der Waals surface area (Å²) in [5.41, 5.74) is 6.53.